The highest BCUT2D eigenvalue weighted by Crippen LogP contribution is 2.32. The monoisotopic (exact) mass is 355 g/mol. The van der Waals surface area contributed by atoms with Gasteiger partial charge in [-0.2, -0.15) is 0 Å². The van der Waals surface area contributed by atoms with E-state index in [0.29, 0.717) is 28.2 Å². The van der Waals surface area contributed by atoms with Crippen molar-refractivity contribution in [1.82, 2.24) is 14.7 Å². The number of hydrogen-bond donors (Lipinski definition) is 1. The predicted molar refractivity (Wildman–Crippen MR) is 93.2 cm³/mol. The first-order valence-corrected chi connectivity index (χ1v) is 9.68. The Balaban J connectivity index is 1.66. The van der Waals surface area contributed by atoms with Gasteiger partial charge in [-0.05, 0) is 37.1 Å². The van der Waals surface area contributed by atoms with E-state index in [1.165, 1.54) is 0 Å². The van der Waals surface area contributed by atoms with Crippen LogP contribution in [0.2, 0.25) is 0 Å². The summed E-state index contributed by atoms with van der Waals surface area (Å²) in [6.45, 7) is 1.94. The summed E-state index contributed by atoms with van der Waals surface area (Å²) in [5.74, 6) is -0.276. The number of nitrogens with zero attached hydrogens (tertiary/aromatic N) is 2. The van der Waals surface area contributed by atoms with Gasteiger partial charge < -0.3 is 9.72 Å². The highest BCUT2D eigenvalue weighted by atomic mass is 32.2. The predicted octanol–water partition coefficient (Wildman–Crippen LogP) is 2.29. The van der Waals surface area contributed by atoms with E-state index in [1.54, 1.807) is 30.5 Å². The van der Waals surface area contributed by atoms with Crippen molar-refractivity contribution in [3.8, 4) is 0 Å². The van der Waals surface area contributed by atoms with E-state index >= 15 is 0 Å². The van der Waals surface area contributed by atoms with E-state index < -0.39 is 9.84 Å². The molecule has 1 aromatic carbocycles. The van der Waals surface area contributed by atoms with Crippen LogP contribution in [0.5, 0.6) is 0 Å². The van der Waals surface area contributed by atoms with Gasteiger partial charge in [0.1, 0.15) is 11.3 Å². The van der Waals surface area contributed by atoms with E-state index in [9.17, 15) is 13.2 Å². The number of sulfone groups is 1. The van der Waals surface area contributed by atoms with Crippen LogP contribution >= 0.6 is 0 Å². The van der Waals surface area contributed by atoms with Crippen molar-refractivity contribution in [3.05, 3.63) is 65.6 Å². The van der Waals surface area contributed by atoms with E-state index in [1.807, 2.05) is 29.5 Å². The summed E-state index contributed by atoms with van der Waals surface area (Å²) >= 11 is 0. The first-order valence-electron chi connectivity index (χ1n) is 8.03. The van der Waals surface area contributed by atoms with E-state index in [0.717, 1.165) is 5.69 Å². The molecule has 1 N–H and O–H groups in total. The lowest BCUT2D eigenvalue weighted by Gasteiger charge is -2.25. The Morgan fingerprint density at radius 2 is 2.00 bits per heavy atom. The summed E-state index contributed by atoms with van der Waals surface area (Å²) in [7, 11) is -3.27. The third-order valence-corrected chi connectivity index (χ3v) is 6.35. The average Bonchev–Trinajstić information content (AvgIpc) is 3.04. The largest absolute Gasteiger partial charge is 0.344 e. The maximum Gasteiger partial charge on any atom is 0.271 e. The van der Waals surface area contributed by atoms with Crippen LogP contribution < -0.4 is 5.32 Å². The third-order valence-electron chi connectivity index (χ3n) is 4.54. The normalized spacial score (nSPS) is 18.7. The molecular weight excluding hydrogens is 338 g/mol. The topological polar surface area (TPSA) is 80.5 Å². The molecule has 0 fully saturated rings. The van der Waals surface area contributed by atoms with E-state index in [2.05, 4.69) is 10.3 Å². The van der Waals surface area contributed by atoms with Gasteiger partial charge in [-0.25, -0.2) is 13.4 Å². The van der Waals surface area contributed by atoms with Gasteiger partial charge in [-0.3, -0.25) is 4.79 Å². The fourth-order valence-corrected chi connectivity index (χ4v) is 4.85. The van der Waals surface area contributed by atoms with Crippen LogP contribution in [0.15, 0.2) is 53.6 Å². The van der Waals surface area contributed by atoms with Crippen LogP contribution in [0.3, 0.4) is 0 Å². The Labute approximate surface area is 145 Å². The van der Waals surface area contributed by atoms with Crippen LogP contribution in [0.4, 0.5) is 0 Å². The smallest absolute Gasteiger partial charge is 0.271 e. The van der Waals surface area contributed by atoms with Gasteiger partial charge in [-0.15, -0.1) is 0 Å². The minimum absolute atomic E-state index is 0.0270. The molecule has 0 saturated carbocycles. The van der Waals surface area contributed by atoms with E-state index in [4.69, 9.17) is 0 Å². The second-order valence-electron chi connectivity index (χ2n) is 6.19. The highest BCUT2D eigenvalue weighted by Gasteiger charge is 2.31. The van der Waals surface area contributed by atoms with Gasteiger partial charge in [0.2, 0.25) is 0 Å². The van der Waals surface area contributed by atoms with Gasteiger partial charge >= 0.3 is 0 Å². The second-order valence-corrected chi connectivity index (χ2v) is 8.27. The molecule has 0 aliphatic carbocycles. The summed E-state index contributed by atoms with van der Waals surface area (Å²) in [4.78, 5) is 17.3. The molecule has 128 valence electrons. The molecule has 3 heterocycles. The standard InChI is InChI=1S/C18H17N3O3S/c1-12-5-4-8-17-19-15(11-21(12)17)18(22)20-14-9-10-25(23,24)16-7-3-2-6-13(14)16/h2-8,11,14H,9-10H2,1H3,(H,20,22). The maximum absolute atomic E-state index is 12.6. The van der Waals surface area contributed by atoms with Gasteiger partial charge in [0.05, 0.1) is 16.7 Å². The molecule has 4 rings (SSSR count). The van der Waals surface area contributed by atoms with Crippen molar-refractivity contribution in [2.75, 3.05) is 5.75 Å². The van der Waals surface area contributed by atoms with Crippen molar-refractivity contribution >= 4 is 21.4 Å². The molecule has 0 saturated heterocycles. The molecule has 1 unspecified atom stereocenters. The lowest BCUT2D eigenvalue weighted by Crippen LogP contribution is -2.34. The summed E-state index contributed by atoms with van der Waals surface area (Å²) < 4.78 is 26.3. The number of fused-ring (bicyclic) bond motifs is 2. The van der Waals surface area contributed by atoms with Crippen LogP contribution in [0.1, 0.15) is 34.2 Å². The minimum Gasteiger partial charge on any atom is -0.344 e. The lowest BCUT2D eigenvalue weighted by atomic mass is 10.0. The molecule has 3 aromatic rings. The Morgan fingerprint density at radius 1 is 1.20 bits per heavy atom. The summed E-state index contributed by atoms with van der Waals surface area (Å²) in [6.07, 6.45) is 2.06. The molecule has 7 heteroatoms. The van der Waals surface area contributed by atoms with Crippen molar-refractivity contribution in [1.29, 1.82) is 0 Å². The van der Waals surface area contributed by atoms with Crippen LogP contribution in [0, 0.1) is 6.92 Å². The Bertz CT molecular complexity index is 1090. The average molecular weight is 355 g/mol. The molecule has 1 aliphatic rings. The van der Waals surface area contributed by atoms with Gasteiger partial charge in [0.25, 0.3) is 5.91 Å². The molecule has 25 heavy (non-hydrogen) atoms. The molecule has 0 spiro atoms. The number of aryl methyl sites for hydroxylation is 1. The van der Waals surface area contributed by atoms with Crippen LogP contribution in [-0.4, -0.2) is 29.5 Å². The number of aromatic nitrogens is 2. The molecule has 6 nitrogen and oxygen atoms in total. The first-order chi connectivity index (χ1) is 12.0. The summed E-state index contributed by atoms with van der Waals surface area (Å²) in [5.41, 5.74) is 2.65. The quantitative estimate of drug-likeness (QED) is 0.765. The van der Waals surface area contributed by atoms with Crippen molar-refractivity contribution in [3.63, 3.8) is 0 Å². The van der Waals surface area contributed by atoms with Crippen molar-refractivity contribution in [2.45, 2.75) is 24.3 Å². The molecule has 1 atom stereocenters. The number of carbonyl (C=O) groups excluding carboxylic acids is 1. The maximum atomic E-state index is 12.6. The second kappa shape index (κ2) is 5.70. The minimum atomic E-state index is -3.27. The highest BCUT2D eigenvalue weighted by molar-refractivity contribution is 7.91. The fourth-order valence-electron chi connectivity index (χ4n) is 3.23. The summed E-state index contributed by atoms with van der Waals surface area (Å²) in [5, 5.41) is 2.93. The lowest BCUT2D eigenvalue weighted by molar-refractivity contribution is 0.0930. The molecule has 0 radical (unpaired) electrons. The zero-order valence-corrected chi connectivity index (χ0v) is 14.5. The van der Waals surface area contributed by atoms with Gasteiger partial charge in [0, 0.05) is 11.9 Å². The number of carbonyl (C=O) groups is 1. The third kappa shape index (κ3) is 2.70. The fraction of sp³-hybridized carbons (Fsp3) is 0.222. The van der Waals surface area contributed by atoms with Crippen LogP contribution in [-0.2, 0) is 9.84 Å². The number of rotatable bonds is 2. The van der Waals surface area contributed by atoms with Crippen molar-refractivity contribution < 1.29 is 13.2 Å². The SMILES string of the molecule is Cc1cccc2nc(C(=O)NC3CCS(=O)(=O)c4ccccc43)cn12. The Morgan fingerprint density at radius 3 is 2.80 bits per heavy atom. The number of amides is 1. The molecular formula is C18H17N3O3S. The summed E-state index contributed by atoms with van der Waals surface area (Å²) in [6, 6.07) is 12.2. The number of pyridine rings is 1. The number of imidazole rings is 1. The first kappa shape index (κ1) is 15.8. The van der Waals surface area contributed by atoms with Crippen LogP contribution in [0.25, 0.3) is 5.65 Å². The van der Waals surface area contributed by atoms with Gasteiger partial charge in [0.15, 0.2) is 9.84 Å². The zero-order chi connectivity index (χ0) is 17.6. The number of benzene rings is 1. The Kier molecular flexibility index (Phi) is 3.61. The van der Waals surface area contributed by atoms with Gasteiger partial charge in [-0.1, -0.05) is 24.3 Å². The molecule has 1 amide bonds. The molecule has 2 aromatic heterocycles. The van der Waals surface area contributed by atoms with E-state index in [-0.39, 0.29) is 17.7 Å². The zero-order valence-electron chi connectivity index (χ0n) is 13.6. The number of hydrogen-bond acceptors (Lipinski definition) is 4. The van der Waals surface area contributed by atoms with Crippen molar-refractivity contribution in [2.24, 2.45) is 0 Å². The Hall–Kier alpha value is -2.67. The number of nitrogens with one attached hydrogen (secondary N) is 1. The molecule has 1 aliphatic heterocycles. The molecule has 0 bridgehead atoms.